The highest BCUT2D eigenvalue weighted by molar-refractivity contribution is 7.98. The molecule has 0 heterocycles. The molecule has 0 bridgehead atoms. The minimum atomic E-state index is -3.72. The van der Waals surface area contributed by atoms with Crippen molar-refractivity contribution >= 4 is 21.0 Å². The van der Waals surface area contributed by atoms with Crippen LogP contribution in [0, 0.1) is 6.92 Å². The Morgan fingerprint density at radius 3 is 2.15 bits per heavy atom. The van der Waals surface area contributed by atoms with Crippen molar-refractivity contribution in [2.75, 3.05) is 7.11 Å². The van der Waals surface area contributed by atoms with Gasteiger partial charge in [-0.3, -0.25) is 0 Å². The fourth-order valence-corrected chi connectivity index (χ4v) is 4.26. The molecule has 20 heavy (non-hydrogen) atoms. The third kappa shape index (κ3) is 3.53. The summed E-state index contributed by atoms with van der Waals surface area (Å²) >= 11 is 0. The van der Waals surface area contributed by atoms with Gasteiger partial charge in [-0.05, 0) is 31.2 Å². The van der Waals surface area contributed by atoms with Gasteiger partial charge in [-0.2, -0.15) is 8.42 Å². The van der Waals surface area contributed by atoms with E-state index in [0.29, 0.717) is 0 Å². The van der Waals surface area contributed by atoms with Crippen LogP contribution in [0.15, 0.2) is 68.2 Å². The molecule has 0 fully saturated rings. The summed E-state index contributed by atoms with van der Waals surface area (Å²) in [6, 6.07) is 15.6. The van der Waals surface area contributed by atoms with Gasteiger partial charge in [0.15, 0.2) is 0 Å². The highest BCUT2D eigenvalue weighted by atomic mass is 32.3. The van der Waals surface area contributed by atoms with E-state index in [1.807, 2.05) is 31.2 Å². The molecule has 0 radical (unpaired) electrons. The van der Waals surface area contributed by atoms with Crippen LogP contribution < -0.4 is 0 Å². The maximum atomic E-state index is 12.2. The van der Waals surface area contributed by atoms with Crippen LogP contribution >= 0.6 is 0 Å². The monoisotopic (exact) mass is 309 g/mol. The number of aryl methyl sites for hydroxylation is 1. The van der Waals surface area contributed by atoms with E-state index < -0.39 is 21.0 Å². The van der Waals surface area contributed by atoms with Crippen LogP contribution in [0.2, 0.25) is 0 Å². The van der Waals surface area contributed by atoms with Crippen LogP contribution in [-0.2, 0) is 25.2 Å². The molecule has 0 saturated carbocycles. The van der Waals surface area contributed by atoms with Gasteiger partial charge >= 0.3 is 0 Å². The van der Waals surface area contributed by atoms with Crippen molar-refractivity contribution in [1.82, 2.24) is 0 Å². The van der Waals surface area contributed by atoms with E-state index in [4.69, 9.17) is 4.18 Å². The van der Waals surface area contributed by atoms with Gasteiger partial charge in [0.05, 0.1) is 23.0 Å². The lowest BCUT2D eigenvalue weighted by atomic mass is 10.2. The Balaban J connectivity index is 2.43. The van der Waals surface area contributed by atoms with Crippen molar-refractivity contribution in [1.29, 1.82) is 0 Å². The summed E-state index contributed by atoms with van der Waals surface area (Å²) < 4.78 is 33.5. The highest BCUT2D eigenvalue weighted by Gasteiger charge is 2.14. The summed E-state index contributed by atoms with van der Waals surface area (Å²) in [7, 11) is -3.40. The summed E-state index contributed by atoms with van der Waals surface area (Å²) in [6.07, 6.45) is 0. The standard InChI is InChI=1S/C14H15NO3S2/c1-12-8-10-13(11-9-12)19(18-2)15-20(16,17)14-6-4-3-5-7-14/h3-11H,1-2H3. The molecule has 6 heteroatoms. The third-order valence-electron chi connectivity index (χ3n) is 2.59. The van der Waals surface area contributed by atoms with Gasteiger partial charge < -0.3 is 4.18 Å². The van der Waals surface area contributed by atoms with Gasteiger partial charge in [0, 0.05) is 4.90 Å². The van der Waals surface area contributed by atoms with E-state index in [1.54, 1.807) is 18.2 Å². The first-order valence-corrected chi connectivity index (χ1v) is 8.46. The van der Waals surface area contributed by atoms with Crippen LogP contribution in [0.4, 0.5) is 0 Å². The Labute approximate surface area is 121 Å². The summed E-state index contributed by atoms with van der Waals surface area (Å²) in [5.41, 5.74) is 1.10. The van der Waals surface area contributed by atoms with Crippen molar-refractivity contribution < 1.29 is 12.6 Å². The fraction of sp³-hybridized carbons (Fsp3) is 0.143. The predicted octanol–water partition coefficient (Wildman–Crippen LogP) is 3.11. The van der Waals surface area contributed by atoms with Gasteiger partial charge in [-0.1, -0.05) is 35.9 Å². The van der Waals surface area contributed by atoms with Crippen molar-refractivity contribution in [3.8, 4) is 0 Å². The smallest absolute Gasteiger partial charge is 0.290 e. The first kappa shape index (κ1) is 14.9. The first-order valence-electron chi connectivity index (χ1n) is 5.91. The first-order chi connectivity index (χ1) is 9.53. The minimum absolute atomic E-state index is 0.168. The number of hydrogen-bond donors (Lipinski definition) is 0. The van der Waals surface area contributed by atoms with Crippen molar-refractivity contribution in [3.05, 3.63) is 60.2 Å². The maximum Gasteiger partial charge on any atom is 0.290 e. The van der Waals surface area contributed by atoms with E-state index in [0.717, 1.165) is 10.5 Å². The molecule has 1 unspecified atom stereocenters. The fourth-order valence-electron chi connectivity index (χ4n) is 1.55. The average Bonchev–Trinajstić information content (AvgIpc) is 2.47. The molecule has 1 atom stereocenters. The number of nitrogens with zero attached hydrogens (tertiary/aromatic N) is 1. The molecule has 2 aromatic rings. The third-order valence-corrected chi connectivity index (χ3v) is 5.77. The quantitative estimate of drug-likeness (QED) is 0.872. The van der Waals surface area contributed by atoms with E-state index in [9.17, 15) is 8.42 Å². The molecular weight excluding hydrogens is 294 g/mol. The second-order valence-corrected chi connectivity index (χ2v) is 7.41. The molecular formula is C14H15NO3S2. The maximum absolute atomic E-state index is 12.2. The van der Waals surface area contributed by atoms with Crippen LogP contribution in [0.1, 0.15) is 5.56 Å². The molecule has 0 aromatic heterocycles. The van der Waals surface area contributed by atoms with Gasteiger partial charge in [0.1, 0.15) is 0 Å². The number of benzene rings is 2. The lowest BCUT2D eigenvalue weighted by Gasteiger charge is -2.06. The Morgan fingerprint density at radius 2 is 1.60 bits per heavy atom. The van der Waals surface area contributed by atoms with Gasteiger partial charge in [-0.25, -0.2) is 0 Å². The van der Waals surface area contributed by atoms with E-state index >= 15 is 0 Å². The second-order valence-electron chi connectivity index (χ2n) is 4.09. The summed E-state index contributed by atoms with van der Waals surface area (Å²) in [5.74, 6) is 0. The molecule has 0 aliphatic rings. The largest absolute Gasteiger partial charge is 0.305 e. The summed E-state index contributed by atoms with van der Waals surface area (Å²) in [6.45, 7) is 1.96. The Bertz CT molecular complexity index is 708. The molecule has 0 saturated heterocycles. The lowest BCUT2D eigenvalue weighted by molar-refractivity contribution is 0.479. The number of sulfonamides is 1. The zero-order valence-electron chi connectivity index (χ0n) is 11.2. The zero-order valence-corrected chi connectivity index (χ0v) is 12.8. The molecule has 2 aromatic carbocycles. The topological polar surface area (TPSA) is 55.7 Å². The number of hydrogen-bond acceptors (Lipinski definition) is 3. The molecule has 106 valence electrons. The van der Waals surface area contributed by atoms with Gasteiger partial charge in [-0.15, -0.1) is 3.77 Å². The Hall–Kier alpha value is -1.50. The molecule has 0 N–H and O–H groups in total. The Morgan fingerprint density at radius 1 is 1.00 bits per heavy atom. The van der Waals surface area contributed by atoms with Crippen molar-refractivity contribution in [2.45, 2.75) is 16.7 Å². The SMILES string of the molecule is COS(=NS(=O)(=O)c1ccccc1)c1ccc(C)cc1. The average molecular weight is 309 g/mol. The van der Waals surface area contributed by atoms with Crippen molar-refractivity contribution in [2.24, 2.45) is 3.77 Å². The van der Waals surface area contributed by atoms with Crippen molar-refractivity contribution in [3.63, 3.8) is 0 Å². The van der Waals surface area contributed by atoms with E-state index in [2.05, 4.69) is 3.77 Å². The molecule has 0 spiro atoms. The van der Waals surface area contributed by atoms with E-state index in [-0.39, 0.29) is 4.90 Å². The predicted molar refractivity (Wildman–Crippen MR) is 79.9 cm³/mol. The molecule has 2 rings (SSSR count). The van der Waals surface area contributed by atoms with Crippen LogP contribution in [0.3, 0.4) is 0 Å². The molecule has 0 aliphatic carbocycles. The Kier molecular flexibility index (Phi) is 4.69. The normalized spacial score (nSPS) is 13.3. The second kappa shape index (κ2) is 6.30. The van der Waals surface area contributed by atoms with Crippen LogP contribution in [0.5, 0.6) is 0 Å². The lowest BCUT2D eigenvalue weighted by Crippen LogP contribution is -2.02. The van der Waals surface area contributed by atoms with E-state index in [1.165, 1.54) is 19.2 Å². The van der Waals surface area contributed by atoms with Crippen LogP contribution in [-0.4, -0.2) is 15.5 Å². The van der Waals surface area contributed by atoms with Gasteiger partial charge in [0.25, 0.3) is 10.0 Å². The molecule has 4 nitrogen and oxygen atoms in total. The summed E-state index contributed by atoms with van der Waals surface area (Å²) in [5, 5.41) is 0. The molecule has 0 aliphatic heterocycles. The number of rotatable bonds is 4. The highest BCUT2D eigenvalue weighted by Crippen LogP contribution is 2.17. The van der Waals surface area contributed by atoms with Gasteiger partial charge in [0.2, 0.25) is 0 Å². The minimum Gasteiger partial charge on any atom is -0.305 e. The zero-order chi connectivity index (χ0) is 14.6. The summed E-state index contributed by atoms with van der Waals surface area (Å²) in [4.78, 5) is 0.902. The molecule has 0 amide bonds. The van der Waals surface area contributed by atoms with Crippen LogP contribution in [0.25, 0.3) is 0 Å².